The number of hydrogen-bond donors (Lipinski definition) is 2. The van der Waals surface area contributed by atoms with E-state index in [0.29, 0.717) is 18.7 Å². The highest BCUT2D eigenvalue weighted by molar-refractivity contribution is 7.99. The fourth-order valence-corrected chi connectivity index (χ4v) is 4.00. The Morgan fingerprint density at radius 2 is 2.50 bits per heavy atom. The molecular formula is C13H14N2O3S2. The van der Waals surface area contributed by atoms with E-state index in [9.17, 15) is 9.90 Å². The van der Waals surface area contributed by atoms with Gasteiger partial charge in [-0.3, -0.25) is 4.79 Å². The molecule has 1 aliphatic rings. The van der Waals surface area contributed by atoms with Gasteiger partial charge in [-0.2, -0.15) is 11.8 Å². The molecule has 0 saturated carbocycles. The van der Waals surface area contributed by atoms with Crippen LogP contribution in [-0.4, -0.2) is 33.1 Å². The van der Waals surface area contributed by atoms with Crippen LogP contribution in [0.25, 0.3) is 10.8 Å². The quantitative estimate of drug-likeness (QED) is 0.902. The number of thioether (sulfide) groups is 1. The number of carbonyl (C=O) groups excluding carboxylic acids is 1. The summed E-state index contributed by atoms with van der Waals surface area (Å²) in [6.07, 6.45) is 2.11. The predicted molar refractivity (Wildman–Crippen MR) is 78.6 cm³/mol. The average Bonchev–Trinajstić information content (AvgIpc) is 3.17. The Morgan fingerprint density at radius 1 is 1.60 bits per heavy atom. The molecule has 2 aromatic heterocycles. The van der Waals surface area contributed by atoms with E-state index < -0.39 is 5.60 Å². The van der Waals surface area contributed by atoms with Crippen LogP contribution in [0.5, 0.6) is 0 Å². The maximum absolute atomic E-state index is 12.0. The molecule has 1 amide bonds. The van der Waals surface area contributed by atoms with E-state index >= 15 is 0 Å². The lowest BCUT2D eigenvalue weighted by atomic mass is 10.0. The smallest absolute Gasteiger partial charge is 0.253 e. The molecule has 1 unspecified atom stereocenters. The lowest BCUT2D eigenvalue weighted by molar-refractivity contribution is -0.137. The van der Waals surface area contributed by atoms with Gasteiger partial charge in [-0.05, 0) is 24.3 Å². The van der Waals surface area contributed by atoms with Crippen molar-refractivity contribution in [2.45, 2.75) is 18.6 Å². The Morgan fingerprint density at radius 3 is 3.20 bits per heavy atom. The molecule has 2 aromatic rings. The van der Waals surface area contributed by atoms with Crippen molar-refractivity contribution in [3.05, 3.63) is 29.5 Å². The molecule has 1 aliphatic heterocycles. The predicted octanol–water partition coefficient (Wildman–Crippen LogP) is 1.89. The number of carbonyl (C=O) groups is 1. The van der Waals surface area contributed by atoms with Crippen molar-refractivity contribution in [3.63, 3.8) is 0 Å². The number of aliphatic hydroxyl groups is 1. The van der Waals surface area contributed by atoms with Crippen molar-refractivity contribution in [1.82, 2.24) is 10.3 Å². The summed E-state index contributed by atoms with van der Waals surface area (Å²) < 4.78 is 5.27. The third kappa shape index (κ3) is 2.74. The highest BCUT2D eigenvalue weighted by Crippen LogP contribution is 2.28. The van der Waals surface area contributed by atoms with E-state index in [1.807, 2.05) is 17.5 Å². The molecule has 0 spiro atoms. The minimum absolute atomic E-state index is 0.310. The number of aromatic nitrogens is 1. The van der Waals surface area contributed by atoms with Crippen molar-refractivity contribution in [1.29, 1.82) is 0 Å². The molecule has 1 fully saturated rings. The number of amides is 1. The van der Waals surface area contributed by atoms with Gasteiger partial charge in [0.2, 0.25) is 0 Å². The minimum atomic E-state index is -1.22. The second-order valence-electron chi connectivity index (χ2n) is 4.64. The Kier molecular flexibility index (Phi) is 3.82. The summed E-state index contributed by atoms with van der Waals surface area (Å²) in [5.74, 6) is 1.70. The molecule has 20 heavy (non-hydrogen) atoms. The van der Waals surface area contributed by atoms with Gasteiger partial charge in [0.25, 0.3) is 5.91 Å². The summed E-state index contributed by atoms with van der Waals surface area (Å²) in [5.41, 5.74) is -0.450. The molecule has 106 valence electrons. The molecule has 3 heterocycles. The normalized spacial score (nSPS) is 22.1. The van der Waals surface area contributed by atoms with Crippen LogP contribution in [0, 0.1) is 0 Å². The minimum Gasteiger partial charge on any atom is -0.462 e. The number of hydrogen-bond acceptors (Lipinski definition) is 6. The Hall–Kier alpha value is -1.31. The van der Waals surface area contributed by atoms with E-state index in [1.54, 1.807) is 18.0 Å². The first kappa shape index (κ1) is 13.7. The molecule has 0 bridgehead atoms. The standard InChI is InChI=1S/C13H14N2O3S2/c16-12(13(17)3-5-19-8-13)14-6-9-7-20-11(15-9)10-2-1-4-18-10/h1-2,4,7,17H,3,5-6,8H2,(H,14,16). The van der Waals surface area contributed by atoms with Gasteiger partial charge in [-0.15, -0.1) is 11.3 Å². The van der Waals surface area contributed by atoms with Crippen LogP contribution in [-0.2, 0) is 11.3 Å². The molecule has 0 aliphatic carbocycles. The zero-order valence-electron chi connectivity index (χ0n) is 10.7. The molecule has 1 saturated heterocycles. The van der Waals surface area contributed by atoms with Crippen LogP contribution >= 0.6 is 23.1 Å². The van der Waals surface area contributed by atoms with E-state index in [4.69, 9.17) is 4.42 Å². The first-order valence-corrected chi connectivity index (χ1v) is 8.27. The number of nitrogens with one attached hydrogen (secondary N) is 1. The second kappa shape index (κ2) is 5.59. The highest BCUT2D eigenvalue weighted by Gasteiger charge is 2.39. The average molecular weight is 310 g/mol. The van der Waals surface area contributed by atoms with E-state index in [2.05, 4.69) is 10.3 Å². The number of rotatable bonds is 4. The summed E-state index contributed by atoms with van der Waals surface area (Å²) in [6, 6.07) is 3.66. The van der Waals surface area contributed by atoms with Crippen molar-refractivity contribution in [2.24, 2.45) is 0 Å². The third-order valence-corrected chi connectivity index (χ3v) is 5.22. The van der Waals surface area contributed by atoms with Crippen LogP contribution in [0.15, 0.2) is 28.2 Å². The zero-order chi connectivity index (χ0) is 14.0. The van der Waals surface area contributed by atoms with Crippen molar-refractivity contribution < 1.29 is 14.3 Å². The third-order valence-electron chi connectivity index (χ3n) is 3.14. The van der Waals surface area contributed by atoms with Gasteiger partial charge in [0.1, 0.15) is 0 Å². The summed E-state index contributed by atoms with van der Waals surface area (Å²) in [4.78, 5) is 16.4. The molecule has 1 atom stereocenters. The van der Waals surface area contributed by atoms with Crippen LogP contribution in [0.4, 0.5) is 0 Å². The molecule has 3 rings (SSSR count). The molecule has 5 nitrogen and oxygen atoms in total. The van der Waals surface area contributed by atoms with Gasteiger partial charge in [-0.1, -0.05) is 0 Å². The van der Waals surface area contributed by atoms with Crippen LogP contribution in [0.3, 0.4) is 0 Å². The van der Waals surface area contributed by atoms with Gasteiger partial charge >= 0.3 is 0 Å². The highest BCUT2D eigenvalue weighted by atomic mass is 32.2. The largest absolute Gasteiger partial charge is 0.462 e. The van der Waals surface area contributed by atoms with E-state index in [-0.39, 0.29) is 5.91 Å². The fourth-order valence-electron chi connectivity index (χ4n) is 1.97. The summed E-state index contributed by atoms with van der Waals surface area (Å²) in [7, 11) is 0. The van der Waals surface area contributed by atoms with Gasteiger partial charge in [-0.25, -0.2) is 4.98 Å². The van der Waals surface area contributed by atoms with Crippen molar-refractivity contribution in [3.8, 4) is 10.8 Å². The van der Waals surface area contributed by atoms with E-state index in [1.165, 1.54) is 11.3 Å². The Balaban J connectivity index is 1.60. The van der Waals surface area contributed by atoms with Crippen molar-refractivity contribution in [2.75, 3.05) is 11.5 Å². The topological polar surface area (TPSA) is 75.4 Å². The van der Waals surface area contributed by atoms with Gasteiger partial charge in [0.15, 0.2) is 16.4 Å². The fraction of sp³-hybridized carbons (Fsp3) is 0.385. The lowest BCUT2D eigenvalue weighted by Crippen LogP contribution is -2.46. The maximum Gasteiger partial charge on any atom is 0.253 e. The molecule has 2 N–H and O–H groups in total. The first-order chi connectivity index (χ1) is 9.67. The van der Waals surface area contributed by atoms with Gasteiger partial charge in [0, 0.05) is 11.1 Å². The summed E-state index contributed by atoms with van der Waals surface area (Å²) >= 11 is 3.06. The molecule has 7 heteroatoms. The second-order valence-corrected chi connectivity index (χ2v) is 6.60. The number of thiazole rings is 1. The molecule has 0 radical (unpaired) electrons. The molecule has 0 aromatic carbocycles. The SMILES string of the molecule is O=C(NCc1csc(-c2ccco2)n1)C1(O)CCSC1. The lowest BCUT2D eigenvalue weighted by Gasteiger charge is -2.19. The summed E-state index contributed by atoms with van der Waals surface area (Å²) in [5, 5.41) is 15.5. The van der Waals surface area contributed by atoms with Gasteiger partial charge in [0.05, 0.1) is 18.5 Å². The number of furan rings is 1. The van der Waals surface area contributed by atoms with Gasteiger partial charge < -0.3 is 14.8 Å². The zero-order valence-corrected chi connectivity index (χ0v) is 12.3. The first-order valence-electron chi connectivity index (χ1n) is 6.24. The monoisotopic (exact) mass is 310 g/mol. The Bertz CT molecular complexity index is 589. The van der Waals surface area contributed by atoms with Crippen LogP contribution in [0.1, 0.15) is 12.1 Å². The Labute approximate surface area is 124 Å². The van der Waals surface area contributed by atoms with E-state index in [0.717, 1.165) is 22.2 Å². The van der Waals surface area contributed by atoms with Crippen LogP contribution in [0.2, 0.25) is 0 Å². The summed E-state index contributed by atoms with van der Waals surface area (Å²) in [6.45, 7) is 0.322. The van der Waals surface area contributed by atoms with Crippen molar-refractivity contribution >= 4 is 29.0 Å². The maximum atomic E-state index is 12.0. The van der Waals surface area contributed by atoms with Crippen LogP contribution < -0.4 is 5.32 Å². The molecular weight excluding hydrogens is 296 g/mol. The number of nitrogens with zero attached hydrogens (tertiary/aromatic N) is 1.